The molecule has 3 aromatic carbocycles. The van der Waals surface area contributed by atoms with Crippen molar-refractivity contribution >= 4 is 10.0 Å². The summed E-state index contributed by atoms with van der Waals surface area (Å²) < 4.78 is 43.1. The fourth-order valence-electron chi connectivity index (χ4n) is 4.24. The van der Waals surface area contributed by atoms with E-state index >= 15 is 4.39 Å². The Kier molecular flexibility index (Phi) is 5.28. The summed E-state index contributed by atoms with van der Waals surface area (Å²) in [6.45, 7) is 1.99. The minimum Gasteiger partial charge on any atom is -0.246 e. The highest BCUT2D eigenvalue weighted by molar-refractivity contribution is 7.89. The quantitative estimate of drug-likeness (QED) is 0.626. The molecule has 1 atom stereocenters. The third-order valence-corrected chi connectivity index (χ3v) is 7.56. The summed E-state index contributed by atoms with van der Waals surface area (Å²) in [6.07, 6.45) is -1.01. The molecule has 0 aliphatic carbocycles. The number of hydrogen-bond acceptors (Lipinski definition) is 2. The number of alkyl halides is 1. The van der Waals surface area contributed by atoms with Crippen LogP contribution in [0.4, 0.5) is 4.39 Å². The summed E-state index contributed by atoms with van der Waals surface area (Å²) in [5.74, 6) is 0. The van der Waals surface area contributed by atoms with Gasteiger partial charge in [0, 0.05) is 18.5 Å². The van der Waals surface area contributed by atoms with Gasteiger partial charge in [0.2, 0.25) is 10.0 Å². The van der Waals surface area contributed by atoms with Crippen molar-refractivity contribution in [3.05, 3.63) is 102 Å². The zero-order valence-electron chi connectivity index (χ0n) is 16.3. The first kappa shape index (κ1) is 19.8. The maximum absolute atomic E-state index is 15.1. The fraction of sp³-hybridized carbons (Fsp3) is 0.250. The highest BCUT2D eigenvalue weighted by Crippen LogP contribution is 2.42. The second kappa shape index (κ2) is 7.73. The summed E-state index contributed by atoms with van der Waals surface area (Å²) >= 11 is 0. The molecule has 29 heavy (non-hydrogen) atoms. The van der Waals surface area contributed by atoms with E-state index in [4.69, 9.17) is 0 Å². The summed E-state index contributed by atoms with van der Waals surface area (Å²) in [5, 5.41) is 0. The van der Waals surface area contributed by atoms with Gasteiger partial charge in [-0.15, -0.1) is 0 Å². The molecular formula is C24H24FNO2S. The molecule has 0 amide bonds. The molecule has 5 heteroatoms. The van der Waals surface area contributed by atoms with E-state index in [1.165, 1.54) is 4.31 Å². The average molecular weight is 410 g/mol. The predicted octanol–water partition coefficient (Wildman–Crippen LogP) is 4.71. The summed E-state index contributed by atoms with van der Waals surface area (Å²) in [7, 11) is -3.81. The molecule has 1 aliphatic rings. The second-order valence-electron chi connectivity index (χ2n) is 7.73. The van der Waals surface area contributed by atoms with Gasteiger partial charge in [-0.3, -0.25) is 0 Å². The van der Waals surface area contributed by atoms with Crippen molar-refractivity contribution in [2.45, 2.75) is 29.8 Å². The average Bonchev–Trinajstić information content (AvgIpc) is 2.75. The lowest BCUT2D eigenvalue weighted by molar-refractivity contribution is 0.148. The Morgan fingerprint density at radius 3 is 1.90 bits per heavy atom. The second-order valence-corrected chi connectivity index (χ2v) is 9.66. The van der Waals surface area contributed by atoms with E-state index in [0.29, 0.717) is 0 Å². The summed E-state index contributed by atoms with van der Waals surface area (Å²) in [5.41, 5.74) is 2.10. The normalized spacial score (nSPS) is 19.7. The molecule has 1 heterocycles. The van der Waals surface area contributed by atoms with E-state index in [0.717, 1.165) is 16.7 Å². The van der Waals surface area contributed by atoms with Gasteiger partial charge in [0.1, 0.15) is 6.17 Å². The first-order valence-corrected chi connectivity index (χ1v) is 11.2. The number of piperidine rings is 1. The zero-order valence-corrected chi connectivity index (χ0v) is 17.1. The fourth-order valence-corrected chi connectivity index (χ4v) is 5.76. The molecule has 0 N–H and O–H groups in total. The Hall–Kier alpha value is -2.50. The molecule has 3 nitrogen and oxygen atoms in total. The summed E-state index contributed by atoms with van der Waals surface area (Å²) in [6, 6.07) is 26.1. The number of hydrogen-bond donors (Lipinski definition) is 0. The van der Waals surface area contributed by atoms with Crippen LogP contribution in [0.15, 0.2) is 89.8 Å². The molecule has 1 fully saturated rings. The standard InChI is InChI=1S/C24H24FNO2S/c1-19-12-14-23(15-13-19)29(27,28)26-17-22(25)16-24(18-26,20-8-4-2-5-9-20)21-10-6-3-7-11-21/h2-15,22H,16-18H2,1H3. The molecule has 0 bridgehead atoms. The molecule has 4 rings (SSSR count). The Labute approximate surface area is 171 Å². The monoisotopic (exact) mass is 409 g/mol. The van der Waals surface area contributed by atoms with Crippen LogP contribution in [-0.4, -0.2) is 32.0 Å². The van der Waals surface area contributed by atoms with Crippen molar-refractivity contribution in [1.29, 1.82) is 0 Å². The van der Waals surface area contributed by atoms with Crippen LogP contribution in [-0.2, 0) is 15.4 Å². The molecule has 1 unspecified atom stereocenters. The molecule has 3 aromatic rings. The van der Waals surface area contributed by atoms with Crippen molar-refractivity contribution in [3.63, 3.8) is 0 Å². The van der Waals surface area contributed by atoms with Crippen LogP contribution >= 0.6 is 0 Å². The van der Waals surface area contributed by atoms with Crippen LogP contribution in [0.3, 0.4) is 0 Å². The first-order valence-electron chi connectivity index (χ1n) is 9.74. The van der Waals surface area contributed by atoms with Crippen LogP contribution in [0, 0.1) is 6.92 Å². The van der Waals surface area contributed by atoms with Gasteiger partial charge in [0.15, 0.2) is 0 Å². The van der Waals surface area contributed by atoms with Crippen LogP contribution in [0.5, 0.6) is 0 Å². The van der Waals surface area contributed by atoms with Gasteiger partial charge in [0.25, 0.3) is 0 Å². The van der Waals surface area contributed by atoms with Crippen LogP contribution in [0.1, 0.15) is 23.1 Å². The Bertz CT molecular complexity index is 1030. The van der Waals surface area contributed by atoms with Gasteiger partial charge < -0.3 is 0 Å². The minimum atomic E-state index is -3.81. The van der Waals surface area contributed by atoms with Crippen molar-refractivity contribution in [2.75, 3.05) is 13.1 Å². The smallest absolute Gasteiger partial charge is 0.243 e. The highest BCUT2D eigenvalue weighted by atomic mass is 32.2. The SMILES string of the molecule is Cc1ccc(S(=O)(=O)N2CC(F)CC(c3ccccc3)(c3ccccc3)C2)cc1. The van der Waals surface area contributed by atoms with E-state index in [2.05, 4.69) is 0 Å². The molecule has 0 radical (unpaired) electrons. The molecule has 1 aliphatic heterocycles. The van der Waals surface area contributed by atoms with Crippen molar-refractivity contribution in [1.82, 2.24) is 4.31 Å². The van der Waals surface area contributed by atoms with Crippen LogP contribution < -0.4 is 0 Å². The Morgan fingerprint density at radius 1 is 0.862 bits per heavy atom. The minimum absolute atomic E-state index is 0.127. The lowest BCUT2D eigenvalue weighted by Gasteiger charge is -2.44. The summed E-state index contributed by atoms with van der Waals surface area (Å²) in [4.78, 5) is 0.201. The van der Waals surface area contributed by atoms with Crippen molar-refractivity contribution < 1.29 is 12.8 Å². The number of sulfonamides is 1. The topological polar surface area (TPSA) is 37.4 Å². The maximum Gasteiger partial charge on any atom is 0.243 e. The number of benzene rings is 3. The first-order chi connectivity index (χ1) is 13.9. The molecule has 0 aromatic heterocycles. The Balaban J connectivity index is 1.82. The van der Waals surface area contributed by atoms with Crippen molar-refractivity contribution in [2.24, 2.45) is 0 Å². The lowest BCUT2D eigenvalue weighted by atomic mass is 9.69. The van der Waals surface area contributed by atoms with Gasteiger partial charge in [-0.1, -0.05) is 78.4 Å². The Morgan fingerprint density at radius 2 is 1.38 bits per heavy atom. The number of aryl methyl sites for hydroxylation is 1. The van der Waals surface area contributed by atoms with Gasteiger partial charge in [-0.25, -0.2) is 12.8 Å². The van der Waals surface area contributed by atoms with E-state index in [1.807, 2.05) is 67.6 Å². The number of nitrogens with zero attached hydrogens (tertiary/aromatic N) is 1. The highest BCUT2D eigenvalue weighted by Gasteiger charge is 2.46. The van der Waals surface area contributed by atoms with Crippen molar-refractivity contribution in [3.8, 4) is 0 Å². The molecule has 150 valence electrons. The van der Waals surface area contributed by atoms with E-state index in [9.17, 15) is 8.42 Å². The number of rotatable bonds is 4. The maximum atomic E-state index is 15.1. The van der Waals surface area contributed by atoms with Gasteiger partial charge in [-0.2, -0.15) is 4.31 Å². The van der Waals surface area contributed by atoms with Crippen LogP contribution in [0.25, 0.3) is 0 Å². The largest absolute Gasteiger partial charge is 0.246 e. The van der Waals surface area contributed by atoms with Gasteiger partial charge in [0.05, 0.1) is 4.90 Å². The number of halogens is 1. The third kappa shape index (κ3) is 3.72. The van der Waals surface area contributed by atoms with Gasteiger partial charge in [-0.05, 0) is 36.6 Å². The van der Waals surface area contributed by atoms with Gasteiger partial charge >= 0.3 is 0 Å². The zero-order chi connectivity index (χ0) is 20.5. The molecular weight excluding hydrogens is 385 g/mol. The molecule has 0 saturated carbocycles. The molecule has 1 saturated heterocycles. The molecule has 0 spiro atoms. The predicted molar refractivity (Wildman–Crippen MR) is 113 cm³/mol. The lowest BCUT2D eigenvalue weighted by Crippen LogP contribution is -2.53. The van der Waals surface area contributed by atoms with E-state index < -0.39 is 21.6 Å². The van der Waals surface area contributed by atoms with E-state index in [1.54, 1.807) is 24.3 Å². The third-order valence-electron chi connectivity index (χ3n) is 5.73. The van der Waals surface area contributed by atoms with Crippen LogP contribution in [0.2, 0.25) is 0 Å². The van der Waals surface area contributed by atoms with E-state index in [-0.39, 0.29) is 24.4 Å².